The van der Waals surface area contributed by atoms with Crippen LogP contribution in [0, 0.1) is 12.7 Å². The highest BCUT2D eigenvalue weighted by molar-refractivity contribution is 7.17. The molecule has 0 radical (unpaired) electrons. The quantitative estimate of drug-likeness (QED) is 0.714. The molecule has 0 aliphatic heterocycles. The molecule has 7 heteroatoms. The molecule has 0 saturated carbocycles. The summed E-state index contributed by atoms with van der Waals surface area (Å²) in [5, 5.41) is 12.4. The van der Waals surface area contributed by atoms with Crippen LogP contribution >= 0.6 is 11.3 Å². The van der Waals surface area contributed by atoms with Gasteiger partial charge in [0.25, 0.3) is 5.91 Å². The van der Waals surface area contributed by atoms with E-state index >= 15 is 0 Å². The van der Waals surface area contributed by atoms with Gasteiger partial charge in [-0.1, -0.05) is 12.1 Å². The number of aryl methyl sites for hydroxylation is 1. The van der Waals surface area contributed by atoms with E-state index in [1.54, 1.807) is 31.2 Å². The maximum Gasteiger partial charge on any atom is 0.335 e. The van der Waals surface area contributed by atoms with Crippen molar-refractivity contribution in [3.8, 4) is 10.6 Å². The summed E-state index contributed by atoms with van der Waals surface area (Å²) in [7, 11) is 0. The van der Waals surface area contributed by atoms with Crippen LogP contribution in [0.25, 0.3) is 10.6 Å². The second-order valence-electron chi connectivity index (χ2n) is 5.63. The van der Waals surface area contributed by atoms with Gasteiger partial charge in [0.1, 0.15) is 15.7 Å². The number of thiazole rings is 1. The predicted molar refractivity (Wildman–Crippen MR) is 96.8 cm³/mol. The first kappa shape index (κ1) is 17.8. The van der Waals surface area contributed by atoms with Crippen molar-refractivity contribution < 1.29 is 19.1 Å². The molecule has 1 aromatic heterocycles. The van der Waals surface area contributed by atoms with Gasteiger partial charge in [-0.15, -0.1) is 11.3 Å². The van der Waals surface area contributed by atoms with Crippen molar-refractivity contribution in [1.82, 2.24) is 10.3 Å². The zero-order valence-corrected chi connectivity index (χ0v) is 14.6. The smallest absolute Gasteiger partial charge is 0.335 e. The van der Waals surface area contributed by atoms with Crippen molar-refractivity contribution in [2.24, 2.45) is 0 Å². The van der Waals surface area contributed by atoms with Crippen LogP contribution < -0.4 is 5.32 Å². The number of carbonyl (C=O) groups excluding carboxylic acids is 1. The third-order valence-electron chi connectivity index (χ3n) is 3.72. The van der Waals surface area contributed by atoms with E-state index in [4.69, 9.17) is 5.11 Å². The van der Waals surface area contributed by atoms with Crippen LogP contribution in [-0.4, -0.2) is 22.0 Å². The number of amides is 1. The number of nitrogens with one attached hydrogen (secondary N) is 1. The molecule has 3 aromatic rings. The van der Waals surface area contributed by atoms with E-state index in [0.717, 1.165) is 5.56 Å². The number of hydrogen-bond acceptors (Lipinski definition) is 4. The Kier molecular flexibility index (Phi) is 5.09. The predicted octanol–water partition coefficient (Wildman–Crippen LogP) is 3.89. The fraction of sp³-hybridized carbons (Fsp3) is 0.105. The number of nitrogens with zero attached hydrogens (tertiary/aromatic N) is 1. The Balaban J connectivity index is 1.73. The standard InChI is InChI=1S/C19H15FN2O3S/c1-11-16(26-18(22-11)13-5-7-15(20)8-6-13)17(23)21-10-12-3-2-4-14(9-12)19(24)25/h2-9H,10H2,1H3,(H,21,23)(H,24,25). The van der Waals surface area contributed by atoms with Gasteiger partial charge in [0.05, 0.1) is 11.3 Å². The first-order valence-corrected chi connectivity index (χ1v) is 8.59. The second kappa shape index (κ2) is 7.45. The number of aromatic nitrogens is 1. The van der Waals surface area contributed by atoms with Crippen LogP contribution in [0.4, 0.5) is 4.39 Å². The first-order valence-electron chi connectivity index (χ1n) is 7.78. The zero-order chi connectivity index (χ0) is 18.7. The minimum Gasteiger partial charge on any atom is -0.478 e. The molecule has 0 aliphatic carbocycles. The molecule has 0 bridgehead atoms. The number of carboxylic acids is 1. The Bertz CT molecular complexity index is 967. The van der Waals surface area contributed by atoms with Crippen molar-refractivity contribution in [3.05, 3.63) is 76.0 Å². The number of carbonyl (C=O) groups is 2. The van der Waals surface area contributed by atoms with Gasteiger partial charge in [-0.3, -0.25) is 4.79 Å². The molecule has 0 unspecified atom stereocenters. The van der Waals surface area contributed by atoms with Crippen molar-refractivity contribution in [2.75, 3.05) is 0 Å². The summed E-state index contributed by atoms with van der Waals surface area (Å²) in [6.45, 7) is 1.95. The SMILES string of the molecule is Cc1nc(-c2ccc(F)cc2)sc1C(=O)NCc1cccc(C(=O)O)c1. The molecular formula is C19H15FN2O3S. The fourth-order valence-corrected chi connectivity index (χ4v) is 3.39. The lowest BCUT2D eigenvalue weighted by Gasteiger charge is -2.05. The minimum absolute atomic E-state index is 0.171. The van der Waals surface area contributed by atoms with E-state index in [0.29, 0.717) is 21.1 Å². The molecule has 132 valence electrons. The molecule has 3 rings (SSSR count). The summed E-state index contributed by atoms with van der Waals surface area (Å²) in [6.07, 6.45) is 0. The monoisotopic (exact) mass is 370 g/mol. The number of carboxylic acid groups (broad SMARTS) is 1. The highest BCUT2D eigenvalue weighted by Crippen LogP contribution is 2.28. The average Bonchev–Trinajstić information content (AvgIpc) is 3.02. The van der Waals surface area contributed by atoms with Crippen LogP contribution in [0.15, 0.2) is 48.5 Å². The molecule has 0 spiro atoms. The Morgan fingerprint density at radius 3 is 2.62 bits per heavy atom. The van der Waals surface area contributed by atoms with Crippen LogP contribution in [-0.2, 0) is 6.54 Å². The Labute approximate surface area is 153 Å². The second-order valence-corrected chi connectivity index (χ2v) is 6.63. The van der Waals surface area contributed by atoms with Crippen molar-refractivity contribution >= 4 is 23.2 Å². The maximum atomic E-state index is 13.0. The van der Waals surface area contributed by atoms with Crippen LogP contribution in [0.2, 0.25) is 0 Å². The normalized spacial score (nSPS) is 10.5. The van der Waals surface area contributed by atoms with Crippen LogP contribution in [0.1, 0.15) is 31.3 Å². The minimum atomic E-state index is -1.01. The van der Waals surface area contributed by atoms with Gasteiger partial charge in [0.2, 0.25) is 0 Å². The topological polar surface area (TPSA) is 79.3 Å². The highest BCUT2D eigenvalue weighted by Gasteiger charge is 2.16. The van der Waals surface area contributed by atoms with E-state index < -0.39 is 5.97 Å². The third-order valence-corrected chi connectivity index (χ3v) is 4.93. The number of rotatable bonds is 5. The molecule has 5 nitrogen and oxygen atoms in total. The molecule has 0 saturated heterocycles. The van der Waals surface area contributed by atoms with E-state index in [1.165, 1.54) is 35.6 Å². The third kappa shape index (κ3) is 3.94. The lowest BCUT2D eigenvalue weighted by molar-refractivity contribution is 0.0696. The zero-order valence-electron chi connectivity index (χ0n) is 13.8. The summed E-state index contributed by atoms with van der Waals surface area (Å²) in [4.78, 5) is 28.3. The summed E-state index contributed by atoms with van der Waals surface area (Å²) in [5.41, 5.74) is 2.20. The molecule has 1 heterocycles. The number of halogens is 1. The van der Waals surface area contributed by atoms with Gasteiger partial charge in [-0.2, -0.15) is 0 Å². The highest BCUT2D eigenvalue weighted by atomic mass is 32.1. The van der Waals surface area contributed by atoms with Crippen LogP contribution in [0.5, 0.6) is 0 Å². The molecule has 2 aromatic carbocycles. The molecule has 0 atom stereocenters. The van der Waals surface area contributed by atoms with Crippen molar-refractivity contribution in [1.29, 1.82) is 0 Å². The number of aromatic carboxylic acids is 1. The van der Waals surface area contributed by atoms with Gasteiger partial charge in [-0.05, 0) is 48.9 Å². The summed E-state index contributed by atoms with van der Waals surface area (Å²) in [6, 6.07) is 12.3. The largest absolute Gasteiger partial charge is 0.478 e. The number of hydrogen-bond donors (Lipinski definition) is 2. The lowest BCUT2D eigenvalue weighted by Crippen LogP contribution is -2.22. The molecule has 0 aliphatic rings. The molecular weight excluding hydrogens is 355 g/mol. The molecule has 0 fully saturated rings. The molecule has 2 N–H and O–H groups in total. The number of benzene rings is 2. The van der Waals surface area contributed by atoms with Gasteiger partial charge >= 0.3 is 5.97 Å². The molecule has 1 amide bonds. The Morgan fingerprint density at radius 1 is 1.19 bits per heavy atom. The van der Waals surface area contributed by atoms with Gasteiger partial charge in [0, 0.05) is 12.1 Å². The Hall–Kier alpha value is -3.06. The summed E-state index contributed by atoms with van der Waals surface area (Å²) < 4.78 is 13.0. The van der Waals surface area contributed by atoms with E-state index in [-0.39, 0.29) is 23.8 Å². The van der Waals surface area contributed by atoms with E-state index in [1.807, 2.05) is 0 Å². The van der Waals surface area contributed by atoms with Gasteiger partial charge < -0.3 is 10.4 Å². The fourth-order valence-electron chi connectivity index (χ4n) is 2.40. The van der Waals surface area contributed by atoms with Crippen molar-refractivity contribution in [3.63, 3.8) is 0 Å². The van der Waals surface area contributed by atoms with Gasteiger partial charge in [0.15, 0.2) is 0 Å². The first-order chi connectivity index (χ1) is 12.4. The lowest BCUT2D eigenvalue weighted by atomic mass is 10.1. The van der Waals surface area contributed by atoms with Gasteiger partial charge in [-0.25, -0.2) is 14.2 Å². The van der Waals surface area contributed by atoms with E-state index in [2.05, 4.69) is 10.3 Å². The van der Waals surface area contributed by atoms with Crippen molar-refractivity contribution in [2.45, 2.75) is 13.5 Å². The van der Waals surface area contributed by atoms with E-state index in [9.17, 15) is 14.0 Å². The van der Waals surface area contributed by atoms with Crippen LogP contribution in [0.3, 0.4) is 0 Å². The summed E-state index contributed by atoms with van der Waals surface area (Å²) in [5.74, 6) is -1.63. The molecule has 26 heavy (non-hydrogen) atoms. The Morgan fingerprint density at radius 2 is 1.92 bits per heavy atom. The average molecular weight is 370 g/mol. The maximum absolute atomic E-state index is 13.0. The summed E-state index contributed by atoms with van der Waals surface area (Å²) >= 11 is 1.23.